The zero-order chi connectivity index (χ0) is 7.78. The van der Waals surface area contributed by atoms with Gasteiger partial charge in [0.2, 0.25) is 0 Å². The Kier molecular flexibility index (Phi) is 1.79. The van der Waals surface area contributed by atoms with Crippen molar-refractivity contribution in [3.05, 3.63) is 11.5 Å². The van der Waals surface area contributed by atoms with Crippen molar-refractivity contribution in [3.8, 4) is 0 Å². The molecule has 0 aromatic heterocycles. The Morgan fingerprint density at radius 2 is 1.90 bits per heavy atom. The summed E-state index contributed by atoms with van der Waals surface area (Å²) in [6, 6.07) is 0. The van der Waals surface area contributed by atoms with Crippen LogP contribution in [0.25, 0.3) is 0 Å². The molecule has 0 aliphatic heterocycles. The Bertz CT molecular complexity index is 155. The Hall–Kier alpha value is -0.405. The highest BCUT2D eigenvalue weighted by Gasteiger charge is 2.26. The molecule has 0 aromatic rings. The number of halogens is 3. The van der Waals surface area contributed by atoms with Crippen LogP contribution in [0.3, 0.4) is 0 Å². The summed E-state index contributed by atoms with van der Waals surface area (Å²) in [4.78, 5) is 0. The van der Waals surface area contributed by atoms with E-state index in [0.29, 0.717) is 11.5 Å². The van der Waals surface area contributed by atoms with Crippen LogP contribution in [-0.4, -0.2) is 6.98 Å². The van der Waals surface area contributed by atoms with Gasteiger partial charge in [-0.3, -0.25) is 0 Å². The molecule has 1 saturated carbocycles. The smallest absolute Gasteiger partial charge is 0.445 e. The third kappa shape index (κ3) is 2.46. The van der Waals surface area contributed by atoms with Crippen molar-refractivity contribution >= 4 is 6.98 Å². The Morgan fingerprint density at radius 3 is 2.20 bits per heavy atom. The zero-order valence-electron chi connectivity index (χ0n) is 5.78. The summed E-state index contributed by atoms with van der Waals surface area (Å²) >= 11 is 0. The molecule has 0 amide bonds. The van der Waals surface area contributed by atoms with Crippen LogP contribution in [0.4, 0.5) is 12.9 Å². The highest BCUT2D eigenvalue weighted by molar-refractivity contribution is 6.64. The molecule has 0 saturated heterocycles. The summed E-state index contributed by atoms with van der Waals surface area (Å²) in [6.45, 7) is -3.13. The molecule has 0 N–H and O–H groups in total. The standard InChI is InChI=1S/C6H9BF3/c1-5(6-2-3-6)4-7(8,9)10/h4,6H,2-3H2,1H3/q-1/b5-4+. The van der Waals surface area contributed by atoms with Gasteiger partial charge in [0.25, 0.3) is 0 Å². The Labute approximate surface area is 58.2 Å². The molecule has 0 aromatic carbocycles. The van der Waals surface area contributed by atoms with Crippen molar-refractivity contribution in [3.63, 3.8) is 0 Å². The van der Waals surface area contributed by atoms with Gasteiger partial charge in [0, 0.05) is 0 Å². The molecular weight excluding hydrogens is 140 g/mol. The van der Waals surface area contributed by atoms with Crippen LogP contribution in [0.2, 0.25) is 0 Å². The highest BCUT2D eigenvalue weighted by atomic mass is 19.4. The molecule has 0 nitrogen and oxygen atoms in total. The Morgan fingerprint density at radius 1 is 1.40 bits per heavy atom. The quantitative estimate of drug-likeness (QED) is 0.529. The molecule has 0 unspecified atom stereocenters. The minimum atomic E-state index is -4.70. The molecular formula is C6H9BF3-. The second-order valence-corrected chi connectivity index (χ2v) is 2.81. The molecule has 1 rings (SSSR count). The molecule has 10 heavy (non-hydrogen) atoms. The third-order valence-electron chi connectivity index (χ3n) is 1.67. The van der Waals surface area contributed by atoms with Crippen LogP contribution < -0.4 is 0 Å². The topological polar surface area (TPSA) is 0 Å². The molecule has 0 bridgehead atoms. The van der Waals surface area contributed by atoms with Gasteiger partial charge < -0.3 is 12.9 Å². The monoisotopic (exact) mass is 149 g/mol. The summed E-state index contributed by atoms with van der Waals surface area (Å²) in [7, 11) is 0. The van der Waals surface area contributed by atoms with E-state index in [0.717, 1.165) is 12.8 Å². The van der Waals surface area contributed by atoms with Gasteiger partial charge >= 0.3 is 6.98 Å². The van der Waals surface area contributed by atoms with Crippen molar-refractivity contribution in [1.82, 2.24) is 0 Å². The summed E-state index contributed by atoms with van der Waals surface area (Å²) in [5.74, 6) is 0.709. The van der Waals surface area contributed by atoms with Gasteiger partial charge in [0.05, 0.1) is 0 Å². The normalized spacial score (nSPS) is 21.4. The maximum atomic E-state index is 11.7. The minimum absolute atomic E-state index is 0.239. The molecule has 0 spiro atoms. The minimum Gasteiger partial charge on any atom is -0.445 e. The molecule has 0 radical (unpaired) electrons. The zero-order valence-corrected chi connectivity index (χ0v) is 5.78. The van der Waals surface area contributed by atoms with Crippen LogP contribution in [0.5, 0.6) is 0 Å². The number of allylic oxidation sites excluding steroid dienone is 1. The van der Waals surface area contributed by atoms with Crippen LogP contribution in [0, 0.1) is 5.92 Å². The maximum absolute atomic E-state index is 11.7. The fourth-order valence-corrected chi connectivity index (χ4v) is 0.973. The van der Waals surface area contributed by atoms with Gasteiger partial charge in [-0.1, -0.05) is 0 Å². The predicted molar refractivity (Wildman–Crippen MR) is 35.6 cm³/mol. The van der Waals surface area contributed by atoms with E-state index in [1.165, 1.54) is 0 Å². The number of rotatable bonds is 2. The third-order valence-corrected chi connectivity index (χ3v) is 1.67. The van der Waals surface area contributed by atoms with Crippen molar-refractivity contribution in [1.29, 1.82) is 0 Å². The first-order valence-corrected chi connectivity index (χ1v) is 3.38. The average Bonchev–Trinajstić information content (AvgIpc) is 2.35. The van der Waals surface area contributed by atoms with Crippen LogP contribution in [0.1, 0.15) is 19.8 Å². The molecule has 1 aliphatic rings. The fraction of sp³-hybridized carbons (Fsp3) is 0.667. The van der Waals surface area contributed by atoms with E-state index in [4.69, 9.17) is 0 Å². The molecule has 58 valence electrons. The first-order valence-electron chi connectivity index (χ1n) is 3.38. The lowest BCUT2D eigenvalue weighted by atomic mass is 9.87. The van der Waals surface area contributed by atoms with Crippen LogP contribution in [-0.2, 0) is 0 Å². The fourth-order valence-electron chi connectivity index (χ4n) is 0.973. The van der Waals surface area contributed by atoms with Crippen LogP contribution in [0.15, 0.2) is 11.5 Å². The lowest BCUT2D eigenvalue weighted by molar-refractivity contribution is 0.497. The number of hydrogen-bond acceptors (Lipinski definition) is 0. The predicted octanol–water partition coefficient (Wildman–Crippen LogP) is 2.73. The summed E-state index contributed by atoms with van der Waals surface area (Å²) in [5, 5.41) is 0. The maximum Gasteiger partial charge on any atom is 0.502 e. The van der Waals surface area contributed by atoms with Gasteiger partial charge in [-0.2, -0.15) is 0 Å². The van der Waals surface area contributed by atoms with E-state index in [-0.39, 0.29) is 5.92 Å². The SMILES string of the molecule is C/C(=C\[B-](F)(F)F)C1CC1. The second-order valence-electron chi connectivity index (χ2n) is 2.81. The summed E-state index contributed by atoms with van der Waals surface area (Å²) < 4.78 is 35.0. The first kappa shape index (κ1) is 7.70. The van der Waals surface area contributed by atoms with E-state index in [1.54, 1.807) is 6.92 Å². The van der Waals surface area contributed by atoms with Gasteiger partial charge in [0.1, 0.15) is 0 Å². The average molecular weight is 149 g/mol. The van der Waals surface area contributed by atoms with Crippen molar-refractivity contribution in [2.75, 3.05) is 0 Å². The highest BCUT2D eigenvalue weighted by Crippen LogP contribution is 2.37. The largest absolute Gasteiger partial charge is 0.502 e. The number of hydrogen-bond donors (Lipinski definition) is 0. The van der Waals surface area contributed by atoms with Gasteiger partial charge in [0.15, 0.2) is 0 Å². The molecule has 0 heterocycles. The van der Waals surface area contributed by atoms with E-state index in [9.17, 15) is 12.9 Å². The molecule has 1 aliphatic carbocycles. The van der Waals surface area contributed by atoms with Crippen molar-refractivity contribution in [2.45, 2.75) is 19.8 Å². The molecule has 1 fully saturated rings. The molecule has 4 heteroatoms. The van der Waals surface area contributed by atoms with Gasteiger partial charge in [-0.05, 0) is 25.7 Å². The van der Waals surface area contributed by atoms with Crippen molar-refractivity contribution in [2.24, 2.45) is 5.92 Å². The lowest BCUT2D eigenvalue weighted by Gasteiger charge is -2.09. The Balaban J connectivity index is 2.51. The lowest BCUT2D eigenvalue weighted by Crippen LogP contribution is -2.11. The van der Waals surface area contributed by atoms with Crippen molar-refractivity contribution < 1.29 is 12.9 Å². The van der Waals surface area contributed by atoms with E-state index < -0.39 is 6.98 Å². The van der Waals surface area contributed by atoms with E-state index in [1.807, 2.05) is 0 Å². The van der Waals surface area contributed by atoms with Crippen LogP contribution >= 0.6 is 0 Å². The second kappa shape index (κ2) is 2.33. The van der Waals surface area contributed by atoms with E-state index >= 15 is 0 Å². The van der Waals surface area contributed by atoms with Gasteiger partial charge in [-0.15, -0.1) is 11.5 Å². The summed E-state index contributed by atoms with van der Waals surface area (Å²) in [6.07, 6.45) is 1.88. The van der Waals surface area contributed by atoms with Gasteiger partial charge in [-0.25, -0.2) is 0 Å². The summed E-state index contributed by atoms with van der Waals surface area (Å²) in [5.41, 5.74) is 0.507. The molecule has 0 atom stereocenters. The first-order chi connectivity index (χ1) is 4.49. The van der Waals surface area contributed by atoms with E-state index in [2.05, 4.69) is 0 Å².